The molecule has 1 heterocycles. The summed E-state index contributed by atoms with van der Waals surface area (Å²) >= 11 is 0. The third kappa shape index (κ3) is 4.34. The lowest BCUT2D eigenvalue weighted by molar-refractivity contribution is 0.492. The Kier molecular flexibility index (Phi) is 6.04. The van der Waals surface area contributed by atoms with E-state index in [2.05, 4.69) is 60.2 Å². The van der Waals surface area contributed by atoms with Gasteiger partial charge in [-0.25, -0.2) is 0 Å². The molecule has 4 heteroatoms. The predicted molar refractivity (Wildman–Crippen MR) is 93.7 cm³/mol. The normalized spacial score (nSPS) is 14.1. The molecule has 3 nitrogen and oxygen atoms in total. The van der Waals surface area contributed by atoms with Crippen molar-refractivity contribution in [3.8, 4) is 0 Å². The number of benzene rings is 1. The zero-order chi connectivity index (χ0) is 14.7. The number of halogens is 1. The lowest BCUT2D eigenvalue weighted by Gasteiger charge is -2.11. The van der Waals surface area contributed by atoms with Crippen LogP contribution in [0.25, 0.3) is 0 Å². The van der Waals surface area contributed by atoms with E-state index in [-0.39, 0.29) is 12.4 Å². The van der Waals surface area contributed by atoms with Crippen molar-refractivity contribution in [2.45, 2.75) is 51.6 Å². The van der Waals surface area contributed by atoms with Crippen molar-refractivity contribution in [3.05, 3.63) is 53.3 Å². The van der Waals surface area contributed by atoms with Crippen molar-refractivity contribution in [2.75, 3.05) is 6.54 Å². The summed E-state index contributed by atoms with van der Waals surface area (Å²) in [6, 6.07) is 13.4. The van der Waals surface area contributed by atoms with E-state index in [4.69, 9.17) is 5.10 Å². The average molecular weight is 320 g/mol. The van der Waals surface area contributed by atoms with Crippen LogP contribution in [-0.2, 0) is 13.0 Å². The molecular weight excluding hydrogens is 294 g/mol. The van der Waals surface area contributed by atoms with E-state index < -0.39 is 0 Å². The van der Waals surface area contributed by atoms with Crippen LogP contribution < -0.4 is 5.32 Å². The molecule has 1 aromatic carbocycles. The van der Waals surface area contributed by atoms with Gasteiger partial charge in [-0.15, -0.1) is 12.4 Å². The first kappa shape index (κ1) is 17.0. The van der Waals surface area contributed by atoms with Crippen LogP contribution in [0.3, 0.4) is 0 Å². The van der Waals surface area contributed by atoms with E-state index in [0.717, 1.165) is 25.4 Å². The standard InChI is InChI=1S/C18H25N3.ClH/c1-14(2)21-17(12-18(20-21)16-8-9-16)13-19-11-10-15-6-4-3-5-7-15;/h3-7,12,14,16,19H,8-11,13H2,1-2H3;1H. The highest BCUT2D eigenvalue weighted by Crippen LogP contribution is 2.39. The number of aromatic nitrogens is 2. The second kappa shape index (κ2) is 7.80. The minimum absolute atomic E-state index is 0. The van der Waals surface area contributed by atoms with Crippen LogP contribution in [0.15, 0.2) is 36.4 Å². The zero-order valence-electron chi connectivity index (χ0n) is 13.5. The summed E-state index contributed by atoms with van der Waals surface area (Å²) < 4.78 is 2.18. The Labute approximate surface area is 139 Å². The Morgan fingerprint density at radius 3 is 2.59 bits per heavy atom. The van der Waals surface area contributed by atoms with Gasteiger partial charge >= 0.3 is 0 Å². The molecule has 120 valence electrons. The number of nitrogens with one attached hydrogen (secondary N) is 1. The number of rotatable bonds is 7. The van der Waals surface area contributed by atoms with Gasteiger partial charge in [0, 0.05) is 18.5 Å². The Morgan fingerprint density at radius 1 is 1.23 bits per heavy atom. The summed E-state index contributed by atoms with van der Waals surface area (Å²) in [5.74, 6) is 0.730. The van der Waals surface area contributed by atoms with Gasteiger partial charge in [0.05, 0.1) is 11.4 Å². The summed E-state index contributed by atoms with van der Waals surface area (Å²) in [6.45, 7) is 6.32. The molecule has 0 atom stereocenters. The number of nitrogens with zero attached hydrogens (tertiary/aromatic N) is 2. The fraction of sp³-hybridized carbons (Fsp3) is 0.500. The SMILES string of the molecule is CC(C)n1nc(C2CC2)cc1CNCCc1ccccc1.Cl. The molecule has 0 aliphatic heterocycles. The average Bonchev–Trinajstić information content (AvgIpc) is 3.25. The molecule has 1 N–H and O–H groups in total. The lowest BCUT2D eigenvalue weighted by atomic mass is 10.1. The van der Waals surface area contributed by atoms with Gasteiger partial charge < -0.3 is 5.32 Å². The molecule has 2 aromatic rings. The van der Waals surface area contributed by atoms with Crippen molar-refractivity contribution in [1.29, 1.82) is 0 Å². The molecule has 0 amide bonds. The molecule has 1 aliphatic rings. The van der Waals surface area contributed by atoms with Crippen LogP contribution in [-0.4, -0.2) is 16.3 Å². The van der Waals surface area contributed by atoms with Gasteiger partial charge in [0.1, 0.15) is 0 Å². The molecule has 22 heavy (non-hydrogen) atoms. The maximum atomic E-state index is 4.79. The summed E-state index contributed by atoms with van der Waals surface area (Å²) in [5.41, 5.74) is 4.00. The van der Waals surface area contributed by atoms with E-state index in [9.17, 15) is 0 Å². The molecular formula is C18H26ClN3. The van der Waals surface area contributed by atoms with E-state index in [1.54, 1.807) is 0 Å². The quantitative estimate of drug-likeness (QED) is 0.779. The van der Waals surface area contributed by atoms with Crippen molar-refractivity contribution in [3.63, 3.8) is 0 Å². The van der Waals surface area contributed by atoms with Crippen LogP contribution in [0.1, 0.15) is 55.6 Å². The fourth-order valence-corrected chi connectivity index (χ4v) is 2.71. The van der Waals surface area contributed by atoms with Crippen LogP contribution in [0, 0.1) is 0 Å². The van der Waals surface area contributed by atoms with Crippen LogP contribution in [0.4, 0.5) is 0 Å². The summed E-state index contributed by atoms with van der Waals surface area (Å²) in [5, 5.41) is 8.34. The monoisotopic (exact) mass is 319 g/mol. The third-order valence-corrected chi connectivity index (χ3v) is 4.06. The summed E-state index contributed by atoms with van der Waals surface area (Å²) in [7, 11) is 0. The molecule has 0 saturated heterocycles. The molecule has 1 aliphatic carbocycles. The van der Waals surface area contributed by atoms with Gasteiger partial charge in [-0.2, -0.15) is 5.10 Å². The predicted octanol–water partition coefficient (Wildman–Crippen LogP) is 4.10. The van der Waals surface area contributed by atoms with Gasteiger partial charge in [0.25, 0.3) is 0 Å². The minimum atomic E-state index is 0. The summed E-state index contributed by atoms with van der Waals surface area (Å²) in [6.07, 6.45) is 3.71. The van der Waals surface area contributed by atoms with Crippen molar-refractivity contribution in [1.82, 2.24) is 15.1 Å². The van der Waals surface area contributed by atoms with E-state index >= 15 is 0 Å². The van der Waals surface area contributed by atoms with Gasteiger partial charge in [0.2, 0.25) is 0 Å². The highest BCUT2D eigenvalue weighted by atomic mass is 35.5. The van der Waals surface area contributed by atoms with Gasteiger partial charge in [0.15, 0.2) is 0 Å². The van der Waals surface area contributed by atoms with E-state index in [1.807, 2.05) is 0 Å². The molecule has 1 aromatic heterocycles. The third-order valence-electron chi connectivity index (χ3n) is 4.06. The Morgan fingerprint density at radius 2 is 1.95 bits per heavy atom. The maximum Gasteiger partial charge on any atom is 0.0659 e. The molecule has 0 bridgehead atoms. The first-order valence-electron chi connectivity index (χ1n) is 8.07. The Balaban J connectivity index is 0.00000176. The van der Waals surface area contributed by atoms with Gasteiger partial charge in [-0.05, 0) is 51.3 Å². The van der Waals surface area contributed by atoms with Crippen LogP contribution >= 0.6 is 12.4 Å². The van der Waals surface area contributed by atoms with Crippen molar-refractivity contribution >= 4 is 12.4 Å². The molecule has 1 saturated carbocycles. The largest absolute Gasteiger partial charge is 0.311 e. The second-order valence-corrected chi connectivity index (χ2v) is 6.29. The molecule has 0 unspecified atom stereocenters. The number of hydrogen-bond donors (Lipinski definition) is 1. The Bertz CT molecular complexity index is 573. The topological polar surface area (TPSA) is 29.9 Å². The summed E-state index contributed by atoms with van der Waals surface area (Å²) in [4.78, 5) is 0. The zero-order valence-corrected chi connectivity index (χ0v) is 14.3. The molecule has 3 rings (SSSR count). The highest BCUT2D eigenvalue weighted by molar-refractivity contribution is 5.85. The number of hydrogen-bond acceptors (Lipinski definition) is 2. The minimum Gasteiger partial charge on any atom is -0.311 e. The molecule has 0 spiro atoms. The lowest BCUT2D eigenvalue weighted by Crippen LogP contribution is -2.20. The first-order chi connectivity index (χ1) is 10.2. The molecule has 0 radical (unpaired) electrons. The first-order valence-corrected chi connectivity index (χ1v) is 8.07. The van der Waals surface area contributed by atoms with Gasteiger partial charge in [-0.3, -0.25) is 4.68 Å². The Hall–Kier alpha value is -1.32. The second-order valence-electron chi connectivity index (χ2n) is 6.29. The van der Waals surface area contributed by atoms with Crippen LogP contribution in [0.2, 0.25) is 0 Å². The van der Waals surface area contributed by atoms with E-state index in [0.29, 0.717) is 6.04 Å². The van der Waals surface area contributed by atoms with E-state index in [1.165, 1.54) is 29.8 Å². The van der Waals surface area contributed by atoms with Crippen LogP contribution in [0.5, 0.6) is 0 Å². The van der Waals surface area contributed by atoms with Crippen molar-refractivity contribution in [2.24, 2.45) is 0 Å². The smallest absolute Gasteiger partial charge is 0.0659 e. The highest BCUT2D eigenvalue weighted by Gasteiger charge is 2.27. The maximum absolute atomic E-state index is 4.79. The van der Waals surface area contributed by atoms with Gasteiger partial charge in [-0.1, -0.05) is 30.3 Å². The molecule has 1 fully saturated rings. The van der Waals surface area contributed by atoms with Crippen molar-refractivity contribution < 1.29 is 0 Å². The fourth-order valence-electron chi connectivity index (χ4n) is 2.71.